The molecule has 0 bridgehead atoms. The van der Waals surface area contributed by atoms with Crippen LogP contribution in [0.15, 0.2) is 6.20 Å². The minimum Gasteiger partial charge on any atom is -0.379 e. The van der Waals surface area contributed by atoms with Gasteiger partial charge in [-0.1, -0.05) is 0 Å². The van der Waals surface area contributed by atoms with Gasteiger partial charge in [0.1, 0.15) is 5.82 Å². The maximum atomic E-state index is 5.39. The van der Waals surface area contributed by atoms with E-state index in [1.165, 1.54) is 0 Å². The Morgan fingerprint density at radius 3 is 2.67 bits per heavy atom. The Labute approximate surface area is 108 Å². The van der Waals surface area contributed by atoms with Gasteiger partial charge < -0.3 is 9.64 Å². The third-order valence-corrected chi connectivity index (χ3v) is 3.77. The van der Waals surface area contributed by atoms with Crippen molar-refractivity contribution in [3.8, 4) is 0 Å². The SMILES string of the molecule is Cc1cnc(C)c(N2CC(N3CCOCC3)C2)n1. The zero-order valence-electron chi connectivity index (χ0n) is 11.1. The highest BCUT2D eigenvalue weighted by molar-refractivity contribution is 5.46. The molecular formula is C13H20N4O. The van der Waals surface area contributed by atoms with Gasteiger partial charge in [-0.3, -0.25) is 9.88 Å². The van der Waals surface area contributed by atoms with E-state index in [2.05, 4.69) is 19.8 Å². The third-order valence-electron chi connectivity index (χ3n) is 3.77. The molecule has 3 rings (SSSR count). The lowest BCUT2D eigenvalue weighted by atomic mass is 10.1. The van der Waals surface area contributed by atoms with Gasteiger partial charge >= 0.3 is 0 Å². The maximum absolute atomic E-state index is 5.39. The number of nitrogens with zero attached hydrogens (tertiary/aromatic N) is 4. The first-order valence-corrected chi connectivity index (χ1v) is 6.61. The van der Waals surface area contributed by atoms with Crippen LogP contribution in [-0.2, 0) is 4.74 Å². The fourth-order valence-corrected chi connectivity index (χ4v) is 2.63. The molecule has 0 unspecified atom stereocenters. The number of aromatic nitrogens is 2. The first kappa shape index (κ1) is 11.9. The van der Waals surface area contributed by atoms with Crippen molar-refractivity contribution < 1.29 is 4.74 Å². The number of hydrogen-bond donors (Lipinski definition) is 0. The molecule has 2 fully saturated rings. The molecule has 1 aromatic heterocycles. The van der Waals surface area contributed by atoms with Crippen molar-refractivity contribution in [3.63, 3.8) is 0 Å². The summed E-state index contributed by atoms with van der Waals surface area (Å²) in [6.07, 6.45) is 1.83. The molecule has 18 heavy (non-hydrogen) atoms. The van der Waals surface area contributed by atoms with Crippen LogP contribution in [-0.4, -0.2) is 60.3 Å². The van der Waals surface area contributed by atoms with Gasteiger partial charge in [0.05, 0.1) is 24.6 Å². The Morgan fingerprint density at radius 1 is 1.22 bits per heavy atom. The van der Waals surface area contributed by atoms with Crippen LogP contribution in [0.5, 0.6) is 0 Å². The maximum Gasteiger partial charge on any atom is 0.150 e. The van der Waals surface area contributed by atoms with E-state index in [4.69, 9.17) is 4.74 Å². The molecule has 0 spiro atoms. The molecular weight excluding hydrogens is 228 g/mol. The van der Waals surface area contributed by atoms with Crippen molar-refractivity contribution in [1.29, 1.82) is 0 Å². The van der Waals surface area contributed by atoms with Gasteiger partial charge in [-0.15, -0.1) is 0 Å². The molecule has 2 aliphatic rings. The fourth-order valence-electron chi connectivity index (χ4n) is 2.63. The summed E-state index contributed by atoms with van der Waals surface area (Å²) in [4.78, 5) is 13.8. The molecule has 5 heteroatoms. The smallest absolute Gasteiger partial charge is 0.150 e. The summed E-state index contributed by atoms with van der Waals surface area (Å²) in [6, 6.07) is 0.663. The van der Waals surface area contributed by atoms with Crippen LogP contribution in [0.25, 0.3) is 0 Å². The Balaban J connectivity index is 1.62. The second kappa shape index (κ2) is 4.82. The topological polar surface area (TPSA) is 41.5 Å². The second-order valence-corrected chi connectivity index (χ2v) is 5.13. The normalized spacial score (nSPS) is 22.0. The molecule has 1 aromatic rings. The van der Waals surface area contributed by atoms with Crippen molar-refractivity contribution in [2.75, 3.05) is 44.3 Å². The fraction of sp³-hybridized carbons (Fsp3) is 0.692. The lowest BCUT2D eigenvalue weighted by Crippen LogP contribution is -2.62. The van der Waals surface area contributed by atoms with Gasteiger partial charge in [0.25, 0.3) is 0 Å². The number of anilines is 1. The summed E-state index contributed by atoms with van der Waals surface area (Å²) in [5.41, 5.74) is 2.02. The number of hydrogen-bond acceptors (Lipinski definition) is 5. The Morgan fingerprint density at radius 2 is 1.94 bits per heavy atom. The minimum absolute atomic E-state index is 0.663. The van der Waals surface area contributed by atoms with Crippen molar-refractivity contribution in [2.24, 2.45) is 0 Å². The van der Waals surface area contributed by atoms with E-state index in [-0.39, 0.29) is 0 Å². The van der Waals surface area contributed by atoms with Gasteiger partial charge in [0.15, 0.2) is 0 Å². The van der Waals surface area contributed by atoms with Gasteiger partial charge in [-0.25, -0.2) is 4.98 Å². The molecule has 2 aliphatic heterocycles. The van der Waals surface area contributed by atoms with Gasteiger partial charge in [0.2, 0.25) is 0 Å². The third kappa shape index (κ3) is 2.20. The second-order valence-electron chi connectivity index (χ2n) is 5.13. The standard InChI is InChI=1S/C13H20N4O/c1-10-7-14-11(2)13(15-10)17-8-12(9-17)16-3-5-18-6-4-16/h7,12H,3-6,8-9H2,1-2H3. The number of aryl methyl sites for hydroxylation is 2. The van der Waals surface area contributed by atoms with E-state index in [0.29, 0.717) is 6.04 Å². The molecule has 0 amide bonds. The first-order valence-electron chi connectivity index (χ1n) is 6.61. The molecule has 5 nitrogen and oxygen atoms in total. The Kier molecular flexibility index (Phi) is 3.18. The summed E-state index contributed by atoms with van der Waals surface area (Å²) < 4.78 is 5.39. The zero-order valence-corrected chi connectivity index (χ0v) is 11.1. The molecule has 98 valence electrons. The lowest BCUT2D eigenvalue weighted by Gasteiger charge is -2.47. The summed E-state index contributed by atoms with van der Waals surface area (Å²) in [7, 11) is 0. The van der Waals surface area contributed by atoms with Crippen LogP contribution in [0.2, 0.25) is 0 Å². The van der Waals surface area contributed by atoms with E-state index in [1.807, 2.05) is 20.0 Å². The van der Waals surface area contributed by atoms with E-state index in [0.717, 1.165) is 56.6 Å². The van der Waals surface area contributed by atoms with Crippen LogP contribution in [0.3, 0.4) is 0 Å². The molecule has 0 aliphatic carbocycles. The predicted molar refractivity (Wildman–Crippen MR) is 69.9 cm³/mol. The molecule has 0 saturated carbocycles. The highest BCUT2D eigenvalue weighted by Crippen LogP contribution is 2.24. The monoisotopic (exact) mass is 248 g/mol. The van der Waals surface area contributed by atoms with Crippen LogP contribution >= 0.6 is 0 Å². The number of ether oxygens (including phenoxy) is 1. The molecule has 2 saturated heterocycles. The Bertz CT molecular complexity index is 425. The molecule has 3 heterocycles. The van der Waals surface area contributed by atoms with E-state index >= 15 is 0 Å². The van der Waals surface area contributed by atoms with E-state index in [9.17, 15) is 0 Å². The highest BCUT2D eigenvalue weighted by Gasteiger charge is 2.34. The zero-order chi connectivity index (χ0) is 12.5. The van der Waals surface area contributed by atoms with Crippen molar-refractivity contribution in [2.45, 2.75) is 19.9 Å². The predicted octanol–water partition coefficient (Wildman–Crippen LogP) is 0.614. The first-order chi connectivity index (χ1) is 8.74. The minimum atomic E-state index is 0.663. The summed E-state index contributed by atoms with van der Waals surface area (Å²) in [6.45, 7) is 10.0. The molecule has 0 radical (unpaired) electrons. The summed E-state index contributed by atoms with van der Waals surface area (Å²) >= 11 is 0. The van der Waals surface area contributed by atoms with Crippen LogP contribution in [0, 0.1) is 13.8 Å². The van der Waals surface area contributed by atoms with Crippen molar-refractivity contribution >= 4 is 5.82 Å². The van der Waals surface area contributed by atoms with Crippen molar-refractivity contribution in [1.82, 2.24) is 14.9 Å². The molecule has 0 aromatic carbocycles. The average molecular weight is 248 g/mol. The van der Waals surface area contributed by atoms with Gasteiger partial charge in [0, 0.05) is 38.4 Å². The average Bonchev–Trinajstić information content (AvgIpc) is 2.33. The van der Waals surface area contributed by atoms with Crippen LogP contribution < -0.4 is 4.90 Å². The molecule has 0 N–H and O–H groups in total. The van der Waals surface area contributed by atoms with Gasteiger partial charge in [-0.2, -0.15) is 0 Å². The van der Waals surface area contributed by atoms with Gasteiger partial charge in [-0.05, 0) is 13.8 Å². The largest absolute Gasteiger partial charge is 0.379 e. The van der Waals surface area contributed by atoms with E-state index in [1.54, 1.807) is 0 Å². The highest BCUT2D eigenvalue weighted by atomic mass is 16.5. The quantitative estimate of drug-likeness (QED) is 0.767. The summed E-state index contributed by atoms with van der Waals surface area (Å²) in [5, 5.41) is 0. The molecule has 0 atom stereocenters. The van der Waals surface area contributed by atoms with Crippen molar-refractivity contribution in [3.05, 3.63) is 17.6 Å². The Hall–Kier alpha value is -1.20. The van der Waals surface area contributed by atoms with Crippen LogP contribution in [0.4, 0.5) is 5.82 Å². The van der Waals surface area contributed by atoms with Crippen LogP contribution in [0.1, 0.15) is 11.4 Å². The number of morpholine rings is 1. The lowest BCUT2D eigenvalue weighted by molar-refractivity contribution is 0.0104. The van der Waals surface area contributed by atoms with E-state index < -0.39 is 0 Å². The number of rotatable bonds is 2. The summed E-state index contributed by atoms with van der Waals surface area (Å²) in [5.74, 6) is 1.06.